The van der Waals surface area contributed by atoms with Gasteiger partial charge in [0, 0.05) is 12.1 Å². The lowest BCUT2D eigenvalue weighted by molar-refractivity contribution is -0.138. The van der Waals surface area contributed by atoms with Crippen molar-refractivity contribution in [2.45, 2.75) is 38.8 Å². The molecule has 1 amide bonds. The predicted octanol–water partition coefficient (Wildman–Crippen LogP) is 1.36. The number of carbonyl (C=O) groups is 2. The summed E-state index contributed by atoms with van der Waals surface area (Å²) in [4.78, 5) is 26.1. The van der Waals surface area contributed by atoms with E-state index in [0.717, 1.165) is 0 Å². The van der Waals surface area contributed by atoms with Gasteiger partial charge in [0.1, 0.15) is 5.75 Å². The fourth-order valence-electron chi connectivity index (χ4n) is 2.92. The van der Waals surface area contributed by atoms with Crippen LogP contribution in [0.2, 0.25) is 0 Å². The Bertz CT molecular complexity index is 745. The molecule has 25 heavy (non-hydrogen) atoms. The largest absolute Gasteiger partial charge is 0.508 e. The molecule has 1 heterocycles. The summed E-state index contributed by atoms with van der Waals surface area (Å²) in [6, 6.07) is 5.12. The van der Waals surface area contributed by atoms with Crippen molar-refractivity contribution in [2.75, 3.05) is 18.1 Å². The summed E-state index contributed by atoms with van der Waals surface area (Å²) in [5, 5.41) is 9.39. The summed E-state index contributed by atoms with van der Waals surface area (Å²) >= 11 is 0. The monoisotopic (exact) mass is 369 g/mol. The molecule has 0 radical (unpaired) electrons. The number of phenols is 1. The zero-order valence-electron chi connectivity index (χ0n) is 14.3. The molecule has 1 aromatic carbocycles. The zero-order valence-corrected chi connectivity index (χ0v) is 15.2. The first-order valence-corrected chi connectivity index (χ1v) is 10.0. The van der Waals surface area contributed by atoms with Crippen molar-refractivity contribution in [1.29, 1.82) is 0 Å². The average molecular weight is 369 g/mol. The van der Waals surface area contributed by atoms with E-state index in [4.69, 9.17) is 4.74 Å². The highest BCUT2D eigenvalue weighted by atomic mass is 32.2. The van der Waals surface area contributed by atoms with Gasteiger partial charge in [-0.15, -0.1) is 0 Å². The summed E-state index contributed by atoms with van der Waals surface area (Å²) in [6.07, 6.45) is 1.07. The Labute approximate surface area is 147 Å². The first-order valence-electron chi connectivity index (χ1n) is 8.21. The second-order valence-corrected chi connectivity index (χ2v) is 8.47. The van der Waals surface area contributed by atoms with Gasteiger partial charge in [-0.05, 0) is 38.0 Å². The maximum absolute atomic E-state index is 12.5. The number of amides is 1. The van der Waals surface area contributed by atoms with Crippen LogP contribution >= 0.6 is 0 Å². The molecule has 1 fully saturated rings. The lowest BCUT2D eigenvalue weighted by Crippen LogP contribution is -2.48. The van der Waals surface area contributed by atoms with Gasteiger partial charge in [0.2, 0.25) is 0 Å². The average Bonchev–Trinajstić information content (AvgIpc) is 2.92. The zero-order chi connectivity index (χ0) is 18.6. The highest BCUT2D eigenvalue weighted by Crippen LogP contribution is 2.21. The normalized spacial score (nSPS) is 20.0. The molecule has 8 heteroatoms. The number of esters is 1. The van der Waals surface area contributed by atoms with E-state index in [1.54, 1.807) is 0 Å². The molecule has 2 rings (SSSR count). The second-order valence-electron chi connectivity index (χ2n) is 6.24. The summed E-state index contributed by atoms with van der Waals surface area (Å²) in [5.74, 6) is -1.18. The number of aromatic hydroxyl groups is 1. The molecule has 0 unspecified atom stereocenters. The van der Waals surface area contributed by atoms with Gasteiger partial charge in [-0.1, -0.05) is 13.0 Å². The van der Waals surface area contributed by atoms with Crippen LogP contribution in [0, 0.1) is 0 Å². The standard InChI is InChI=1S/C17H23NO6S/c1-3-12(2)18(14-7-8-25(22,23)11-14)16(20)10-24-17(21)13-5-4-6-15(19)9-13/h4-6,9,12,14,19H,3,7-8,10-11H2,1-2H3/t12-,14+/m0/s1. The number of rotatable bonds is 6. The number of carbonyl (C=O) groups excluding carboxylic acids is 2. The predicted molar refractivity (Wildman–Crippen MR) is 92.0 cm³/mol. The highest BCUT2D eigenvalue weighted by Gasteiger charge is 2.36. The van der Waals surface area contributed by atoms with Crippen LogP contribution in [-0.4, -0.2) is 60.5 Å². The van der Waals surface area contributed by atoms with Crippen LogP contribution in [0.15, 0.2) is 24.3 Å². The molecule has 138 valence electrons. The number of sulfone groups is 1. The maximum Gasteiger partial charge on any atom is 0.338 e. The number of hydrogen-bond acceptors (Lipinski definition) is 6. The Morgan fingerprint density at radius 2 is 2.12 bits per heavy atom. The number of phenolic OH excluding ortho intramolecular Hbond substituents is 1. The molecule has 0 aliphatic carbocycles. The van der Waals surface area contributed by atoms with Crippen molar-refractivity contribution in [3.8, 4) is 5.75 Å². The number of nitrogens with zero attached hydrogens (tertiary/aromatic N) is 1. The van der Waals surface area contributed by atoms with Gasteiger partial charge in [0.05, 0.1) is 17.1 Å². The molecule has 1 aromatic rings. The molecule has 7 nitrogen and oxygen atoms in total. The van der Waals surface area contributed by atoms with Crippen molar-refractivity contribution in [3.05, 3.63) is 29.8 Å². The van der Waals surface area contributed by atoms with E-state index >= 15 is 0 Å². The van der Waals surface area contributed by atoms with Gasteiger partial charge >= 0.3 is 5.97 Å². The third-order valence-corrected chi connectivity index (χ3v) is 6.11. The molecule has 0 spiro atoms. The topological polar surface area (TPSA) is 101 Å². The highest BCUT2D eigenvalue weighted by molar-refractivity contribution is 7.91. The second kappa shape index (κ2) is 7.86. The van der Waals surface area contributed by atoms with Crippen molar-refractivity contribution >= 4 is 21.7 Å². The van der Waals surface area contributed by atoms with Crippen LogP contribution in [0.3, 0.4) is 0 Å². The number of hydrogen-bond donors (Lipinski definition) is 1. The van der Waals surface area contributed by atoms with Gasteiger partial charge in [-0.25, -0.2) is 13.2 Å². The van der Waals surface area contributed by atoms with Crippen LogP contribution in [0.4, 0.5) is 0 Å². The molecule has 0 aromatic heterocycles. The quantitative estimate of drug-likeness (QED) is 0.760. The molecule has 1 N–H and O–H groups in total. The van der Waals surface area contributed by atoms with Gasteiger partial charge < -0.3 is 14.7 Å². The first kappa shape index (κ1) is 19.2. The third kappa shape index (κ3) is 4.94. The van der Waals surface area contributed by atoms with Crippen molar-refractivity contribution in [3.63, 3.8) is 0 Å². The van der Waals surface area contributed by atoms with E-state index in [1.807, 2.05) is 13.8 Å². The molecular formula is C17H23NO6S. The van der Waals surface area contributed by atoms with Crippen molar-refractivity contribution < 1.29 is 27.9 Å². The van der Waals surface area contributed by atoms with E-state index in [9.17, 15) is 23.1 Å². The summed E-state index contributed by atoms with van der Waals surface area (Å²) < 4.78 is 28.5. The van der Waals surface area contributed by atoms with E-state index < -0.39 is 28.3 Å². The smallest absolute Gasteiger partial charge is 0.338 e. The van der Waals surface area contributed by atoms with Gasteiger partial charge in [0.25, 0.3) is 5.91 Å². The minimum absolute atomic E-state index is 0.0520. The minimum atomic E-state index is -3.12. The summed E-state index contributed by atoms with van der Waals surface area (Å²) in [6.45, 7) is 3.29. The van der Waals surface area contributed by atoms with E-state index in [1.165, 1.54) is 29.2 Å². The Kier molecular flexibility index (Phi) is 6.05. The molecule has 0 saturated carbocycles. The van der Waals surface area contributed by atoms with E-state index in [0.29, 0.717) is 12.8 Å². The third-order valence-electron chi connectivity index (χ3n) is 4.36. The van der Waals surface area contributed by atoms with Gasteiger partial charge in [0.15, 0.2) is 16.4 Å². The Balaban J connectivity index is 2.03. The molecule has 1 aliphatic rings. The lowest BCUT2D eigenvalue weighted by atomic mass is 10.1. The Morgan fingerprint density at radius 1 is 1.40 bits per heavy atom. The first-order chi connectivity index (χ1) is 11.7. The molecule has 1 aliphatic heterocycles. The number of ether oxygens (including phenoxy) is 1. The minimum Gasteiger partial charge on any atom is -0.508 e. The van der Waals surface area contributed by atoms with Crippen LogP contribution in [0.25, 0.3) is 0 Å². The van der Waals surface area contributed by atoms with Crippen molar-refractivity contribution in [2.24, 2.45) is 0 Å². The Morgan fingerprint density at radius 3 is 2.68 bits per heavy atom. The molecule has 1 saturated heterocycles. The molecular weight excluding hydrogens is 346 g/mol. The van der Waals surface area contributed by atoms with Crippen LogP contribution < -0.4 is 0 Å². The fraction of sp³-hybridized carbons (Fsp3) is 0.529. The number of benzene rings is 1. The van der Waals surface area contributed by atoms with Crippen molar-refractivity contribution in [1.82, 2.24) is 4.90 Å². The van der Waals surface area contributed by atoms with Gasteiger partial charge in [-0.2, -0.15) is 0 Å². The van der Waals surface area contributed by atoms with E-state index in [-0.39, 0.29) is 34.9 Å². The SMILES string of the molecule is CC[C@H](C)N(C(=O)COC(=O)c1cccc(O)c1)[C@@H]1CCS(=O)(=O)C1. The fourth-order valence-corrected chi connectivity index (χ4v) is 4.63. The van der Waals surface area contributed by atoms with Crippen LogP contribution in [-0.2, 0) is 19.4 Å². The molecule has 0 bridgehead atoms. The van der Waals surface area contributed by atoms with Gasteiger partial charge in [-0.3, -0.25) is 4.79 Å². The lowest BCUT2D eigenvalue weighted by Gasteiger charge is -2.33. The van der Waals surface area contributed by atoms with Crippen LogP contribution in [0.1, 0.15) is 37.0 Å². The summed E-state index contributed by atoms with van der Waals surface area (Å²) in [5.41, 5.74) is 0.145. The maximum atomic E-state index is 12.5. The van der Waals surface area contributed by atoms with Crippen LogP contribution in [0.5, 0.6) is 5.75 Å². The summed E-state index contributed by atoms with van der Waals surface area (Å²) in [7, 11) is -3.12. The van der Waals surface area contributed by atoms with E-state index in [2.05, 4.69) is 0 Å². The molecule has 2 atom stereocenters. The Hall–Kier alpha value is -2.09.